The van der Waals surface area contributed by atoms with E-state index in [2.05, 4.69) is 39.9 Å². The number of aromatic nitrogens is 4. The van der Waals surface area contributed by atoms with E-state index in [9.17, 15) is 0 Å². The third-order valence-corrected chi connectivity index (χ3v) is 5.34. The second kappa shape index (κ2) is 9.12. The van der Waals surface area contributed by atoms with Gasteiger partial charge in [0.25, 0.3) is 0 Å². The molecule has 1 unspecified atom stereocenters. The molecule has 6 rings (SSSR count). The Morgan fingerprint density at radius 3 is 2.35 bits per heavy atom. The number of anilines is 1. The molecule has 0 spiro atoms. The summed E-state index contributed by atoms with van der Waals surface area (Å²) in [6.45, 7) is 0. The van der Waals surface area contributed by atoms with E-state index in [0.29, 0.717) is 47.2 Å². The number of fused-ring (bicyclic) bond motifs is 2. The first-order valence-corrected chi connectivity index (χ1v) is 10.7. The highest BCUT2D eigenvalue weighted by molar-refractivity contribution is 6.50. The Morgan fingerprint density at radius 1 is 0.853 bits per heavy atom. The maximum atomic E-state index is 6.29. The smallest absolute Gasteiger partial charge is 0.183 e. The molecule has 0 fully saturated rings. The summed E-state index contributed by atoms with van der Waals surface area (Å²) in [4.78, 5) is 32.1. The van der Waals surface area contributed by atoms with Gasteiger partial charge in [-0.05, 0) is 11.1 Å². The molecule has 0 bridgehead atoms. The zero-order valence-electron chi connectivity index (χ0n) is 18.2. The van der Waals surface area contributed by atoms with E-state index >= 15 is 0 Å². The van der Waals surface area contributed by atoms with Crippen LogP contribution in [0, 0.1) is 0 Å². The van der Waals surface area contributed by atoms with Crippen molar-refractivity contribution < 1.29 is 0 Å². The lowest BCUT2D eigenvalue weighted by molar-refractivity contribution is 0.597. The van der Waals surface area contributed by atoms with Crippen LogP contribution >= 0.6 is 0 Å². The van der Waals surface area contributed by atoms with Crippen molar-refractivity contribution in [2.45, 2.75) is 18.5 Å². The lowest BCUT2D eigenvalue weighted by Crippen LogP contribution is -2.52. The highest BCUT2D eigenvalue weighted by Gasteiger charge is 2.37. The predicted octanol–water partition coefficient (Wildman–Crippen LogP) is 2.33. The fraction of sp³-hybridized carbons (Fsp3) is 0.125. The van der Waals surface area contributed by atoms with E-state index in [1.54, 1.807) is 6.33 Å². The van der Waals surface area contributed by atoms with E-state index in [1.807, 2.05) is 60.7 Å². The van der Waals surface area contributed by atoms with Gasteiger partial charge in [0.05, 0.1) is 6.33 Å². The highest BCUT2D eigenvalue weighted by atomic mass is 15.2. The Kier molecular flexibility index (Phi) is 5.71. The molecule has 2 aliphatic heterocycles. The molecule has 0 saturated heterocycles. The van der Waals surface area contributed by atoms with Gasteiger partial charge in [0.2, 0.25) is 0 Å². The number of rotatable bonds is 4. The molecule has 168 valence electrons. The van der Waals surface area contributed by atoms with Crippen LogP contribution in [-0.2, 0) is 12.8 Å². The molecule has 34 heavy (non-hydrogen) atoms. The van der Waals surface area contributed by atoms with Crippen LogP contribution in [0.25, 0.3) is 11.2 Å². The SMILES string of the molecule is NC1(Cc2ccccc2)N=CN=C2N=CN=C21.Nc1nc(Cc2ccccc2)nc2nc[nH]c12. The fourth-order valence-electron chi connectivity index (χ4n) is 3.70. The number of benzene rings is 2. The number of aromatic amines is 1. The Bertz CT molecular complexity index is 1420. The van der Waals surface area contributed by atoms with Crippen LogP contribution in [-0.4, -0.2) is 49.8 Å². The Labute approximate surface area is 195 Å². The van der Waals surface area contributed by atoms with Crippen molar-refractivity contribution in [3.8, 4) is 0 Å². The molecule has 2 aromatic carbocycles. The standard InChI is InChI=1S/2C12H11N5/c13-12(6-9-4-2-1-3-5-9)10-11(15-7-14-10)16-8-17-12;13-11-10-12(15-7-14-10)17-9(16-11)6-8-4-2-1-3-5-8/h1-5,7-8H,6,13H2;1-5,7H,6H2,(H3,13,14,15,16,17). The van der Waals surface area contributed by atoms with Crippen molar-refractivity contribution in [2.75, 3.05) is 5.73 Å². The first-order valence-electron chi connectivity index (χ1n) is 10.7. The minimum absolute atomic E-state index is 0.443. The van der Waals surface area contributed by atoms with E-state index < -0.39 is 5.66 Å². The zero-order valence-corrected chi connectivity index (χ0v) is 18.2. The average molecular weight is 451 g/mol. The lowest BCUT2D eigenvalue weighted by Gasteiger charge is -2.26. The van der Waals surface area contributed by atoms with Gasteiger partial charge >= 0.3 is 0 Å². The third-order valence-electron chi connectivity index (χ3n) is 5.34. The normalized spacial score (nSPS) is 18.1. The van der Waals surface area contributed by atoms with Gasteiger partial charge in [0, 0.05) is 12.8 Å². The highest BCUT2D eigenvalue weighted by Crippen LogP contribution is 2.20. The molecule has 4 heterocycles. The van der Waals surface area contributed by atoms with Crippen LogP contribution in [0.1, 0.15) is 17.0 Å². The fourth-order valence-corrected chi connectivity index (χ4v) is 3.70. The average Bonchev–Trinajstić information content (AvgIpc) is 3.52. The van der Waals surface area contributed by atoms with Crippen molar-refractivity contribution >= 4 is 41.2 Å². The lowest BCUT2D eigenvalue weighted by atomic mass is 9.95. The second-order valence-electron chi connectivity index (χ2n) is 7.79. The number of H-pyrrole nitrogens is 1. The molecule has 5 N–H and O–H groups in total. The van der Waals surface area contributed by atoms with Gasteiger partial charge in [0.1, 0.15) is 29.7 Å². The summed E-state index contributed by atoms with van der Waals surface area (Å²) in [7, 11) is 0. The minimum Gasteiger partial charge on any atom is -0.382 e. The van der Waals surface area contributed by atoms with Crippen LogP contribution in [0.3, 0.4) is 0 Å². The number of imidazole rings is 1. The molecule has 0 aliphatic carbocycles. The van der Waals surface area contributed by atoms with Crippen LogP contribution in [0.5, 0.6) is 0 Å². The number of nitrogens with two attached hydrogens (primary N) is 2. The number of hydrogen-bond acceptors (Lipinski definition) is 9. The van der Waals surface area contributed by atoms with Gasteiger partial charge in [-0.1, -0.05) is 60.7 Å². The van der Waals surface area contributed by atoms with Crippen molar-refractivity contribution in [3.05, 3.63) is 83.9 Å². The molecule has 0 amide bonds. The predicted molar refractivity (Wildman–Crippen MR) is 134 cm³/mol. The molecular formula is C24H22N10. The molecule has 0 radical (unpaired) electrons. The maximum absolute atomic E-state index is 6.29. The van der Waals surface area contributed by atoms with E-state index in [0.717, 1.165) is 11.1 Å². The topological polar surface area (TPSA) is 156 Å². The second-order valence-corrected chi connectivity index (χ2v) is 7.79. The van der Waals surface area contributed by atoms with Gasteiger partial charge in [0.15, 0.2) is 23.0 Å². The number of amidine groups is 1. The van der Waals surface area contributed by atoms with Crippen molar-refractivity contribution in [1.29, 1.82) is 0 Å². The molecule has 2 aliphatic rings. The van der Waals surface area contributed by atoms with Crippen molar-refractivity contribution in [3.63, 3.8) is 0 Å². The number of nitrogens with zero attached hydrogens (tertiary/aromatic N) is 7. The van der Waals surface area contributed by atoms with Gasteiger partial charge in [-0.15, -0.1) is 0 Å². The van der Waals surface area contributed by atoms with Gasteiger partial charge < -0.3 is 16.5 Å². The largest absolute Gasteiger partial charge is 0.382 e. The summed E-state index contributed by atoms with van der Waals surface area (Å²) in [6, 6.07) is 20.0. The summed E-state index contributed by atoms with van der Waals surface area (Å²) < 4.78 is 0. The first-order chi connectivity index (χ1) is 16.6. The summed E-state index contributed by atoms with van der Waals surface area (Å²) in [5.74, 6) is 1.70. The van der Waals surface area contributed by atoms with Gasteiger partial charge in [-0.3, -0.25) is 0 Å². The maximum Gasteiger partial charge on any atom is 0.183 e. The van der Waals surface area contributed by atoms with Gasteiger partial charge in [-0.25, -0.2) is 34.9 Å². The van der Waals surface area contributed by atoms with E-state index in [1.165, 1.54) is 12.7 Å². The molecule has 4 aromatic rings. The monoisotopic (exact) mass is 450 g/mol. The molecule has 2 aromatic heterocycles. The quantitative estimate of drug-likeness (QED) is 0.435. The third kappa shape index (κ3) is 4.48. The van der Waals surface area contributed by atoms with E-state index in [4.69, 9.17) is 11.5 Å². The Morgan fingerprint density at radius 2 is 1.59 bits per heavy atom. The summed E-state index contributed by atoms with van der Waals surface area (Å²) in [5.41, 5.74) is 15.5. The first kappa shape index (κ1) is 21.3. The molecule has 1 atom stereocenters. The molecule has 10 nitrogen and oxygen atoms in total. The molecule has 10 heteroatoms. The minimum atomic E-state index is -0.852. The van der Waals surface area contributed by atoms with Crippen molar-refractivity contribution in [1.82, 2.24) is 19.9 Å². The Balaban J connectivity index is 0.000000142. The number of aliphatic imine (C=N–C) groups is 4. The Hall–Kier alpha value is -4.57. The van der Waals surface area contributed by atoms with Crippen LogP contribution < -0.4 is 11.5 Å². The molecule has 0 saturated carbocycles. The van der Waals surface area contributed by atoms with Crippen molar-refractivity contribution in [2.24, 2.45) is 25.7 Å². The summed E-state index contributed by atoms with van der Waals surface area (Å²) in [5, 5.41) is 0. The van der Waals surface area contributed by atoms with Crippen LogP contribution in [0.2, 0.25) is 0 Å². The number of nitrogens with one attached hydrogen (secondary N) is 1. The van der Waals surface area contributed by atoms with E-state index in [-0.39, 0.29) is 0 Å². The van der Waals surface area contributed by atoms with Gasteiger partial charge in [-0.2, -0.15) is 0 Å². The number of nitrogen functional groups attached to an aromatic ring is 1. The molecular weight excluding hydrogens is 428 g/mol. The summed E-state index contributed by atoms with van der Waals surface area (Å²) >= 11 is 0. The number of hydrogen-bond donors (Lipinski definition) is 3. The zero-order chi connectivity index (χ0) is 23.4. The summed E-state index contributed by atoms with van der Waals surface area (Å²) in [6.07, 6.45) is 5.75. The van der Waals surface area contributed by atoms with Crippen LogP contribution in [0.15, 0.2) is 87.0 Å². The van der Waals surface area contributed by atoms with Crippen LogP contribution in [0.4, 0.5) is 5.82 Å².